The van der Waals surface area contributed by atoms with Crippen LogP contribution in [0.25, 0.3) is 0 Å². The molecular weight excluding hydrogens is 231 g/mol. The van der Waals surface area contributed by atoms with Crippen LogP contribution in [0.4, 0.5) is 18.9 Å². The van der Waals surface area contributed by atoms with E-state index in [4.69, 9.17) is 0 Å². The first-order valence-electron chi connectivity index (χ1n) is 5.61. The Morgan fingerprint density at radius 3 is 2.29 bits per heavy atom. The van der Waals surface area contributed by atoms with Gasteiger partial charge in [0.25, 0.3) is 0 Å². The van der Waals surface area contributed by atoms with Gasteiger partial charge in [0, 0.05) is 18.7 Å². The Balaban J connectivity index is 2.06. The standard InChI is InChI=1S/C12H14F3NO/c13-8-5-10(15)11(6-9(8)14)16-7-12(17)3-1-2-4-12/h5-6,16-17H,1-4,7H2. The zero-order valence-corrected chi connectivity index (χ0v) is 9.27. The number of hydrogen-bond donors (Lipinski definition) is 2. The van der Waals surface area contributed by atoms with E-state index in [2.05, 4.69) is 5.32 Å². The molecule has 2 rings (SSSR count). The first kappa shape index (κ1) is 12.2. The van der Waals surface area contributed by atoms with Crippen LogP contribution in [0, 0.1) is 17.5 Å². The predicted octanol–water partition coefficient (Wildman–Crippen LogP) is 2.82. The third-order valence-electron chi connectivity index (χ3n) is 3.15. The van der Waals surface area contributed by atoms with Crippen LogP contribution < -0.4 is 5.32 Å². The summed E-state index contributed by atoms with van der Waals surface area (Å²) in [5.41, 5.74) is -0.985. The van der Waals surface area contributed by atoms with Crippen LogP contribution in [0.15, 0.2) is 12.1 Å². The van der Waals surface area contributed by atoms with E-state index in [-0.39, 0.29) is 12.2 Å². The van der Waals surface area contributed by atoms with Crippen molar-refractivity contribution < 1.29 is 18.3 Å². The van der Waals surface area contributed by atoms with Gasteiger partial charge in [-0.2, -0.15) is 0 Å². The third kappa shape index (κ3) is 2.72. The summed E-state index contributed by atoms with van der Waals surface area (Å²) in [7, 11) is 0. The smallest absolute Gasteiger partial charge is 0.161 e. The molecule has 1 aliphatic rings. The quantitative estimate of drug-likeness (QED) is 0.802. The van der Waals surface area contributed by atoms with E-state index >= 15 is 0 Å². The Bertz CT molecular complexity index is 416. The van der Waals surface area contributed by atoms with Crippen molar-refractivity contribution in [1.82, 2.24) is 0 Å². The largest absolute Gasteiger partial charge is 0.388 e. The maximum absolute atomic E-state index is 13.3. The van der Waals surface area contributed by atoms with Crippen LogP contribution in [0.1, 0.15) is 25.7 Å². The lowest BCUT2D eigenvalue weighted by atomic mass is 10.0. The average Bonchev–Trinajstić information content (AvgIpc) is 2.69. The third-order valence-corrected chi connectivity index (χ3v) is 3.15. The molecule has 0 atom stereocenters. The summed E-state index contributed by atoms with van der Waals surface area (Å²) in [6, 6.07) is 1.26. The van der Waals surface area contributed by atoms with Gasteiger partial charge in [-0.3, -0.25) is 0 Å². The molecule has 0 unspecified atom stereocenters. The van der Waals surface area contributed by atoms with Crippen molar-refractivity contribution in [3.63, 3.8) is 0 Å². The molecule has 1 saturated carbocycles. The van der Waals surface area contributed by atoms with E-state index < -0.39 is 23.1 Å². The lowest BCUT2D eigenvalue weighted by Gasteiger charge is -2.23. The first-order valence-corrected chi connectivity index (χ1v) is 5.61. The maximum Gasteiger partial charge on any atom is 0.161 e. The highest BCUT2D eigenvalue weighted by Gasteiger charge is 2.30. The molecule has 1 fully saturated rings. The summed E-state index contributed by atoms with van der Waals surface area (Å²) < 4.78 is 38.9. The Hall–Kier alpha value is -1.23. The topological polar surface area (TPSA) is 32.3 Å². The van der Waals surface area contributed by atoms with Gasteiger partial charge in [-0.15, -0.1) is 0 Å². The summed E-state index contributed by atoms with van der Waals surface area (Å²) in [5.74, 6) is -3.18. The lowest BCUT2D eigenvalue weighted by molar-refractivity contribution is 0.0614. The highest BCUT2D eigenvalue weighted by molar-refractivity contribution is 5.45. The minimum Gasteiger partial charge on any atom is -0.388 e. The van der Waals surface area contributed by atoms with Crippen molar-refractivity contribution in [2.45, 2.75) is 31.3 Å². The minimum atomic E-state index is -1.22. The van der Waals surface area contributed by atoms with Crippen molar-refractivity contribution in [2.24, 2.45) is 0 Å². The average molecular weight is 245 g/mol. The second-order valence-corrected chi connectivity index (χ2v) is 4.53. The van der Waals surface area contributed by atoms with E-state index in [1.807, 2.05) is 0 Å². The molecule has 0 heterocycles. The van der Waals surface area contributed by atoms with Crippen LogP contribution >= 0.6 is 0 Å². The molecule has 0 radical (unpaired) electrons. The second-order valence-electron chi connectivity index (χ2n) is 4.53. The first-order chi connectivity index (χ1) is 8.00. The van der Waals surface area contributed by atoms with Gasteiger partial charge in [-0.25, -0.2) is 13.2 Å². The number of anilines is 1. The van der Waals surface area contributed by atoms with Gasteiger partial charge in [0.15, 0.2) is 11.6 Å². The predicted molar refractivity (Wildman–Crippen MR) is 58.2 cm³/mol. The van der Waals surface area contributed by atoms with Gasteiger partial charge >= 0.3 is 0 Å². The van der Waals surface area contributed by atoms with Crippen LogP contribution in [-0.2, 0) is 0 Å². The fraction of sp³-hybridized carbons (Fsp3) is 0.500. The fourth-order valence-electron chi connectivity index (χ4n) is 2.13. The van der Waals surface area contributed by atoms with E-state index in [0.717, 1.165) is 18.9 Å². The molecule has 2 N–H and O–H groups in total. The highest BCUT2D eigenvalue weighted by atomic mass is 19.2. The molecule has 0 amide bonds. The molecule has 5 heteroatoms. The van der Waals surface area contributed by atoms with Crippen LogP contribution in [-0.4, -0.2) is 17.3 Å². The summed E-state index contributed by atoms with van der Waals surface area (Å²) in [6.07, 6.45) is 3.15. The summed E-state index contributed by atoms with van der Waals surface area (Å²) >= 11 is 0. The van der Waals surface area contributed by atoms with Gasteiger partial charge in [0.05, 0.1) is 11.3 Å². The molecule has 0 bridgehead atoms. The molecule has 1 aromatic rings. The van der Waals surface area contributed by atoms with Gasteiger partial charge in [-0.05, 0) is 12.8 Å². The van der Waals surface area contributed by atoms with Crippen molar-refractivity contribution in [1.29, 1.82) is 0 Å². The number of benzene rings is 1. The van der Waals surface area contributed by atoms with Gasteiger partial charge in [0.2, 0.25) is 0 Å². The zero-order valence-electron chi connectivity index (χ0n) is 9.27. The number of nitrogens with one attached hydrogen (secondary N) is 1. The summed E-state index contributed by atoms with van der Waals surface area (Å²) in [4.78, 5) is 0. The van der Waals surface area contributed by atoms with Crippen LogP contribution in [0.3, 0.4) is 0 Å². The molecule has 0 aliphatic heterocycles. The maximum atomic E-state index is 13.3. The van der Waals surface area contributed by atoms with Gasteiger partial charge < -0.3 is 10.4 Å². The fourth-order valence-corrected chi connectivity index (χ4v) is 2.13. The van der Waals surface area contributed by atoms with Crippen molar-refractivity contribution >= 4 is 5.69 Å². The van der Waals surface area contributed by atoms with Crippen molar-refractivity contribution in [2.75, 3.05) is 11.9 Å². The van der Waals surface area contributed by atoms with E-state index in [9.17, 15) is 18.3 Å². The van der Waals surface area contributed by atoms with Gasteiger partial charge in [0.1, 0.15) is 5.82 Å². The second kappa shape index (κ2) is 4.56. The van der Waals surface area contributed by atoms with E-state index in [0.29, 0.717) is 18.9 Å². The highest BCUT2D eigenvalue weighted by Crippen LogP contribution is 2.30. The van der Waals surface area contributed by atoms with E-state index in [1.54, 1.807) is 0 Å². The van der Waals surface area contributed by atoms with Crippen LogP contribution in [0.5, 0.6) is 0 Å². The Labute approximate surface area is 97.5 Å². The number of aliphatic hydroxyl groups is 1. The number of rotatable bonds is 3. The number of halogens is 3. The zero-order chi connectivity index (χ0) is 12.5. The minimum absolute atomic E-state index is 0.121. The molecule has 94 valence electrons. The van der Waals surface area contributed by atoms with Crippen molar-refractivity contribution in [3.8, 4) is 0 Å². The normalized spacial score (nSPS) is 18.4. The molecule has 17 heavy (non-hydrogen) atoms. The lowest BCUT2D eigenvalue weighted by Crippen LogP contribution is -2.33. The van der Waals surface area contributed by atoms with Crippen molar-refractivity contribution in [3.05, 3.63) is 29.6 Å². The van der Waals surface area contributed by atoms with Crippen LogP contribution in [0.2, 0.25) is 0 Å². The summed E-state index contributed by atoms with van der Waals surface area (Å²) in [6.45, 7) is 0.148. The number of hydrogen-bond acceptors (Lipinski definition) is 2. The Kier molecular flexibility index (Phi) is 3.28. The Morgan fingerprint density at radius 2 is 1.65 bits per heavy atom. The van der Waals surface area contributed by atoms with E-state index in [1.165, 1.54) is 0 Å². The molecule has 0 saturated heterocycles. The Morgan fingerprint density at radius 1 is 1.06 bits per heavy atom. The molecule has 1 aliphatic carbocycles. The molecule has 0 aromatic heterocycles. The molecule has 1 aromatic carbocycles. The SMILES string of the molecule is OC1(CNc2cc(F)c(F)cc2F)CCCC1. The van der Waals surface area contributed by atoms with Gasteiger partial charge in [-0.1, -0.05) is 12.8 Å². The summed E-state index contributed by atoms with van der Waals surface area (Å²) in [5, 5.41) is 12.6. The molecule has 2 nitrogen and oxygen atoms in total. The monoisotopic (exact) mass is 245 g/mol. The molecular formula is C12H14F3NO. The molecule has 0 spiro atoms.